The molecular weight excluding hydrogens is 532 g/mol. The fourth-order valence-electron chi connectivity index (χ4n) is 3.21. The van der Waals surface area contributed by atoms with Gasteiger partial charge in [0.25, 0.3) is 0 Å². The molecule has 3 atom stereocenters. The number of rotatable bonds is 8. The van der Waals surface area contributed by atoms with Gasteiger partial charge in [-0.1, -0.05) is 11.3 Å². The molecule has 0 aliphatic heterocycles. The fraction of sp³-hybridized carbons (Fsp3) is 0.235. The molecule has 174 valence electrons. The van der Waals surface area contributed by atoms with Crippen LogP contribution in [0.1, 0.15) is 11.6 Å². The van der Waals surface area contributed by atoms with Crippen molar-refractivity contribution < 1.29 is 102 Å². The molecule has 17 heteroatoms. The summed E-state index contributed by atoms with van der Waals surface area (Å²) in [7, 11) is -9.01. The number of nitrogens with one attached hydrogen (secondary N) is 1. The van der Waals surface area contributed by atoms with Gasteiger partial charge in [0.05, 0.1) is 30.5 Å². The van der Waals surface area contributed by atoms with Crippen molar-refractivity contribution in [1.82, 2.24) is 4.68 Å². The van der Waals surface area contributed by atoms with E-state index >= 15 is 0 Å². The van der Waals surface area contributed by atoms with Crippen LogP contribution in [0.4, 0.5) is 0 Å². The smallest absolute Gasteiger partial charge is 0.778 e. The number of ether oxygens (including phenoxy) is 2. The summed E-state index contributed by atoms with van der Waals surface area (Å²) in [5, 5.41) is 6.99. The van der Waals surface area contributed by atoms with E-state index in [0.29, 0.717) is 4.70 Å². The third-order valence-corrected chi connectivity index (χ3v) is 9.18. The number of thiazole rings is 1. The van der Waals surface area contributed by atoms with Crippen molar-refractivity contribution in [3.05, 3.63) is 51.6 Å². The first kappa shape index (κ1) is 31.7. The van der Waals surface area contributed by atoms with Gasteiger partial charge in [-0.25, -0.2) is 4.68 Å². The van der Waals surface area contributed by atoms with E-state index in [1.54, 1.807) is 0 Å². The predicted molar refractivity (Wildman–Crippen MR) is 113 cm³/mol. The minimum atomic E-state index is -5.77. The number of fused-ring (bicyclic) bond motifs is 1. The summed E-state index contributed by atoms with van der Waals surface area (Å²) in [5.74, 6) is -0.0688. The van der Waals surface area contributed by atoms with Crippen LogP contribution in [0.3, 0.4) is 0 Å². The van der Waals surface area contributed by atoms with Crippen molar-refractivity contribution in [3.8, 4) is 17.2 Å². The molecule has 3 rings (SSSR count). The number of nitrogens with zero attached hydrogens (tertiary/aromatic N) is 1. The zero-order chi connectivity index (χ0) is 23.8. The van der Waals surface area contributed by atoms with E-state index in [1.165, 1.54) is 50.6 Å². The summed E-state index contributed by atoms with van der Waals surface area (Å²) in [6, 6.07) is 6.05. The van der Waals surface area contributed by atoms with Crippen LogP contribution in [0.15, 0.2) is 41.2 Å². The van der Waals surface area contributed by atoms with Crippen LogP contribution in [0.2, 0.25) is 0 Å². The van der Waals surface area contributed by atoms with Crippen LogP contribution < -0.4 is 88.7 Å². The van der Waals surface area contributed by atoms with E-state index in [2.05, 4.69) is 5.43 Å². The maximum Gasteiger partial charge on any atom is 1.00 e. The minimum Gasteiger partial charge on any atom is -0.778 e. The summed E-state index contributed by atoms with van der Waals surface area (Å²) in [6.45, 7) is 0. The second kappa shape index (κ2) is 12.2. The van der Waals surface area contributed by atoms with Crippen molar-refractivity contribution in [2.75, 3.05) is 19.6 Å². The standard InChI is InChI=1S/C17H20N2O10P2S.2Na/c1-28-10-4-5-13(29-2)11(8-10)15(16(30(22,23)24)31(25,26)27)18-19-12-7-9(20)3-6-14(12)32-17(19)21;;/h3-8,15-16,18,20H,1-2H3,(H2,22,23,24)(H2,25,26,27);;/q;2*+1/p-2. The molecule has 0 radical (unpaired) electrons. The van der Waals surface area contributed by atoms with E-state index in [0.717, 1.165) is 16.0 Å². The predicted octanol–water partition coefficient (Wildman–Crippen LogP) is -5.50. The zero-order valence-corrected chi connectivity index (χ0v) is 25.2. The fourth-order valence-corrected chi connectivity index (χ4v) is 6.71. The first-order valence-electron chi connectivity index (χ1n) is 8.76. The topological polar surface area (TPSA) is 193 Å². The van der Waals surface area contributed by atoms with Crippen LogP contribution in [0.5, 0.6) is 17.2 Å². The first-order valence-corrected chi connectivity index (χ1v) is 12.9. The second-order valence-electron chi connectivity index (χ2n) is 6.61. The molecule has 1 heterocycles. The van der Waals surface area contributed by atoms with Crippen molar-refractivity contribution in [1.29, 1.82) is 0 Å². The summed E-state index contributed by atoms with van der Waals surface area (Å²) >= 11 is 0.727. The Labute approximate surface area is 241 Å². The van der Waals surface area contributed by atoms with Gasteiger partial charge in [-0.15, -0.1) is 0 Å². The van der Waals surface area contributed by atoms with Gasteiger partial charge in [0, 0.05) is 11.6 Å². The molecule has 0 aliphatic carbocycles. The Hall–Kier alpha value is -0.370. The van der Waals surface area contributed by atoms with Gasteiger partial charge in [-0.3, -0.25) is 4.79 Å². The second-order valence-corrected chi connectivity index (χ2v) is 11.4. The van der Waals surface area contributed by atoms with Crippen molar-refractivity contribution in [3.63, 3.8) is 0 Å². The Morgan fingerprint density at radius 3 is 2.18 bits per heavy atom. The number of hydrogen-bond acceptors (Lipinski definition) is 10. The summed E-state index contributed by atoms with van der Waals surface area (Å²) in [5.41, 5.74) is 2.40. The molecule has 1 aromatic heterocycles. The number of phenolic OH excluding ortho intramolecular Hbond substituents is 1. The number of methoxy groups -OCH3 is 2. The Morgan fingerprint density at radius 2 is 1.65 bits per heavy atom. The molecule has 0 spiro atoms. The van der Waals surface area contributed by atoms with Gasteiger partial charge in [-0.2, -0.15) is 0 Å². The molecule has 0 saturated carbocycles. The SMILES string of the molecule is COc1ccc(OC)c(C(Nn2c(=O)sc3ccc(O)cc32)C(P(=O)([O-])O)P(=O)([O-])O)c1.[Na+].[Na+]. The van der Waals surface area contributed by atoms with Gasteiger partial charge in [-0.05, 0) is 30.3 Å². The van der Waals surface area contributed by atoms with Crippen LogP contribution in [-0.4, -0.2) is 39.2 Å². The zero-order valence-electron chi connectivity index (χ0n) is 18.6. The molecule has 12 nitrogen and oxygen atoms in total. The average molecular weight is 550 g/mol. The van der Waals surface area contributed by atoms with Gasteiger partial charge >= 0.3 is 64.0 Å². The monoisotopic (exact) mass is 550 g/mol. The van der Waals surface area contributed by atoms with Crippen LogP contribution in [0, 0.1) is 0 Å². The summed E-state index contributed by atoms with van der Waals surface area (Å²) in [6.07, 6.45) is 0. The van der Waals surface area contributed by atoms with Crippen molar-refractivity contribution >= 4 is 36.7 Å². The Balaban J connectivity index is 0.00000289. The molecule has 4 N–H and O–H groups in total. The quantitative estimate of drug-likeness (QED) is 0.154. The van der Waals surface area contributed by atoms with E-state index in [1.807, 2.05) is 0 Å². The number of aromatic hydroxyl groups is 1. The van der Waals surface area contributed by atoms with Gasteiger partial charge in [0.2, 0.25) is 0 Å². The maximum atomic E-state index is 12.6. The number of aromatic nitrogens is 1. The Bertz CT molecular complexity index is 1280. The summed E-state index contributed by atoms with van der Waals surface area (Å²) < 4.78 is 35.7. The average Bonchev–Trinajstić information content (AvgIpc) is 2.99. The summed E-state index contributed by atoms with van der Waals surface area (Å²) in [4.78, 5) is 55.5. The van der Waals surface area contributed by atoms with E-state index in [9.17, 15) is 38.6 Å². The van der Waals surface area contributed by atoms with Crippen LogP contribution in [-0.2, 0) is 9.13 Å². The molecule has 0 amide bonds. The number of hydrogen-bond donors (Lipinski definition) is 4. The third kappa shape index (κ3) is 6.89. The van der Waals surface area contributed by atoms with E-state index in [4.69, 9.17) is 9.47 Å². The Kier molecular flexibility index (Phi) is 11.4. The molecule has 3 aromatic rings. The number of benzene rings is 2. The number of phenols is 1. The third-order valence-electron chi connectivity index (χ3n) is 4.57. The molecule has 0 saturated heterocycles. The van der Waals surface area contributed by atoms with Gasteiger partial charge in [0.15, 0.2) is 0 Å². The molecule has 0 bridgehead atoms. The molecule has 0 fully saturated rings. The molecule has 3 unspecified atom stereocenters. The van der Waals surface area contributed by atoms with E-state index < -0.39 is 31.5 Å². The molecular formula is C17H18N2Na2O10P2S. The van der Waals surface area contributed by atoms with Crippen molar-refractivity contribution in [2.45, 2.75) is 11.4 Å². The molecule has 2 aromatic carbocycles. The van der Waals surface area contributed by atoms with Crippen LogP contribution >= 0.6 is 26.5 Å². The van der Waals surface area contributed by atoms with E-state index in [-0.39, 0.29) is 87.4 Å². The van der Waals surface area contributed by atoms with Crippen molar-refractivity contribution in [2.24, 2.45) is 0 Å². The Morgan fingerprint density at radius 1 is 1.03 bits per heavy atom. The minimum absolute atomic E-state index is 0. The first-order chi connectivity index (χ1) is 14.9. The van der Waals surface area contributed by atoms with Gasteiger partial charge in [0.1, 0.15) is 37.8 Å². The molecule has 34 heavy (non-hydrogen) atoms. The normalized spacial score (nSPS) is 16.2. The largest absolute Gasteiger partial charge is 1.00 e. The van der Waals surface area contributed by atoms with Crippen LogP contribution in [0.25, 0.3) is 10.2 Å². The maximum absolute atomic E-state index is 12.6. The molecule has 0 aliphatic rings. The van der Waals surface area contributed by atoms with Gasteiger partial charge < -0.3 is 48.7 Å².